The Bertz CT molecular complexity index is 740. The number of rotatable bonds is 2. The van der Waals surface area contributed by atoms with Crippen molar-refractivity contribution in [3.63, 3.8) is 0 Å². The van der Waals surface area contributed by atoms with Crippen LogP contribution >= 0.6 is 0 Å². The van der Waals surface area contributed by atoms with Crippen molar-refractivity contribution >= 4 is 11.9 Å². The van der Waals surface area contributed by atoms with Crippen LogP contribution in [0.2, 0.25) is 0 Å². The summed E-state index contributed by atoms with van der Waals surface area (Å²) in [6, 6.07) is 6.16. The molecule has 0 N–H and O–H groups in total. The second-order valence-electron chi connectivity index (χ2n) is 8.59. The molecule has 0 radical (unpaired) electrons. The fourth-order valence-corrected chi connectivity index (χ4v) is 6.13. The van der Waals surface area contributed by atoms with E-state index in [0.29, 0.717) is 23.5 Å². The molecule has 140 valence electrons. The maximum absolute atomic E-state index is 11.5. The lowest BCUT2D eigenvalue weighted by Crippen LogP contribution is -2.45. The number of esters is 2. The number of fused-ring (bicyclic) bond motifs is 5. The molecule has 3 aliphatic rings. The van der Waals surface area contributed by atoms with Gasteiger partial charge in [-0.15, -0.1) is 0 Å². The minimum absolute atomic E-state index is 0.0821. The Morgan fingerprint density at radius 3 is 2.62 bits per heavy atom. The van der Waals surface area contributed by atoms with Gasteiger partial charge >= 0.3 is 11.9 Å². The van der Waals surface area contributed by atoms with E-state index in [2.05, 4.69) is 19.1 Å². The zero-order valence-electron chi connectivity index (χ0n) is 15.9. The van der Waals surface area contributed by atoms with Gasteiger partial charge in [0.05, 0.1) is 0 Å². The topological polar surface area (TPSA) is 52.6 Å². The summed E-state index contributed by atoms with van der Waals surface area (Å²) in [5.74, 6) is 2.12. The zero-order chi connectivity index (χ0) is 18.5. The molecule has 0 aliphatic heterocycles. The number of carbonyl (C=O) groups excluding carboxylic acids is 2. The summed E-state index contributed by atoms with van der Waals surface area (Å²) in [7, 11) is 0. The Morgan fingerprint density at radius 2 is 1.88 bits per heavy atom. The summed E-state index contributed by atoms with van der Waals surface area (Å²) in [5.41, 5.74) is 2.90. The molecule has 1 aromatic carbocycles. The predicted molar refractivity (Wildman–Crippen MR) is 97.9 cm³/mol. The van der Waals surface area contributed by atoms with Crippen molar-refractivity contribution in [1.29, 1.82) is 0 Å². The molecule has 0 bridgehead atoms. The number of carbonyl (C=O) groups is 2. The van der Waals surface area contributed by atoms with Crippen LogP contribution in [-0.4, -0.2) is 18.0 Å². The molecule has 0 spiro atoms. The first kappa shape index (κ1) is 17.6. The lowest BCUT2D eigenvalue weighted by molar-refractivity contribution is -0.154. The van der Waals surface area contributed by atoms with Gasteiger partial charge in [-0.1, -0.05) is 13.0 Å². The zero-order valence-corrected chi connectivity index (χ0v) is 15.9. The Balaban J connectivity index is 1.58. The summed E-state index contributed by atoms with van der Waals surface area (Å²) in [4.78, 5) is 22.7. The fourth-order valence-electron chi connectivity index (χ4n) is 6.13. The predicted octanol–water partition coefficient (Wildman–Crippen LogP) is 4.40. The average Bonchev–Trinajstić information content (AvgIpc) is 2.90. The molecular weight excluding hydrogens is 328 g/mol. The molecule has 2 fully saturated rings. The molecule has 26 heavy (non-hydrogen) atoms. The molecule has 0 saturated heterocycles. The minimum atomic E-state index is -0.269. The molecule has 4 heteroatoms. The van der Waals surface area contributed by atoms with Crippen LogP contribution in [0.15, 0.2) is 18.2 Å². The van der Waals surface area contributed by atoms with Gasteiger partial charge in [0.15, 0.2) is 0 Å². The van der Waals surface area contributed by atoms with Crippen LogP contribution in [0.5, 0.6) is 5.75 Å². The van der Waals surface area contributed by atoms with Crippen LogP contribution in [0.3, 0.4) is 0 Å². The molecule has 4 rings (SSSR count). The summed E-state index contributed by atoms with van der Waals surface area (Å²) < 4.78 is 11.0. The molecule has 4 nitrogen and oxygen atoms in total. The van der Waals surface area contributed by atoms with Crippen molar-refractivity contribution in [2.24, 2.45) is 17.3 Å². The van der Waals surface area contributed by atoms with Crippen molar-refractivity contribution in [2.75, 3.05) is 0 Å². The summed E-state index contributed by atoms with van der Waals surface area (Å²) in [6.07, 6.45) is 6.72. The van der Waals surface area contributed by atoms with E-state index in [0.717, 1.165) is 32.1 Å². The van der Waals surface area contributed by atoms with E-state index in [4.69, 9.17) is 9.47 Å². The standard InChI is InChI=1S/C22H28O4/c1-13(23)25-16-5-7-17-15(12-16)4-6-19-18(17)10-11-22(3)20(19)8-9-21(22)26-14(2)24/h5,7,12,18-21H,4,6,8-11H2,1-3H3/t18-,19-,20-,21-,22-/m0/s1. The normalized spacial score (nSPS) is 35.0. The maximum Gasteiger partial charge on any atom is 0.308 e. The molecular formula is C22H28O4. The van der Waals surface area contributed by atoms with Gasteiger partial charge in [0.25, 0.3) is 0 Å². The highest BCUT2D eigenvalue weighted by molar-refractivity contribution is 5.69. The molecule has 0 amide bonds. The van der Waals surface area contributed by atoms with E-state index in [9.17, 15) is 9.59 Å². The monoisotopic (exact) mass is 356 g/mol. The Hall–Kier alpha value is -1.84. The second-order valence-corrected chi connectivity index (χ2v) is 8.59. The van der Waals surface area contributed by atoms with E-state index < -0.39 is 0 Å². The molecule has 3 aliphatic carbocycles. The van der Waals surface area contributed by atoms with Crippen LogP contribution in [0.4, 0.5) is 0 Å². The second kappa shape index (κ2) is 6.40. The first-order valence-corrected chi connectivity index (χ1v) is 9.87. The van der Waals surface area contributed by atoms with Crippen molar-refractivity contribution in [2.45, 2.75) is 71.3 Å². The summed E-state index contributed by atoms with van der Waals surface area (Å²) >= 11 is 0. The number of ether oxygens (including phenoxy) is 2. The SMILES string of the molecule is CC(=O)Oc1ccc2c(c1)CC[C@H]1[C@H]2CC[C@]2(C)[C@@H](OC(C)=O)CC[C@@H]12. The Morgan fingerprint density at radius 1 is 1.08 bits per heavy atom. The van der Waals surface area contributed by atoms with Gasteiger partial charge in [0.1, 0.15) is 11.9 Å². The first-order chi connectivity index (χ1) is 12.4. The van der Waals surface area contributed by atoms with Crippen LogP contribution in [0, 0.1) is 17.3 Å². The molecule has 1 aromatic rings. The number of hydrogen-bond acceptors (Lipinski definition) is 4. The van der Waals surface area contributed by atoms with Crippen LogP contribution in [0.1, 0.15) is 69.9 Å². The van der Waals surface area contributed by atoms with E-state index >= 15 is 0 Å². The van der Waals surface area contributed by atoms with E-state index in [1.165, 1.54) is 31.4 Å². The van der Waals surface area contributed by atoms with E-state index in [1.807, 2.05) is 6.07 Å². The number of hydrogen-bond donors (Lipinski definition) is 0. The van der Waals surface area contributed by atoms with Gasteiger partial charge in [-0.2, -0.15) is 0 Å². The Kier molecular flexibility index (Phi) is 4.32. The van der Waals surface area contributed by atoms with Gasteiger partial charge in [-0.3, -0.25) is 9.59 Å². The lowest BCUT2D eigenvalue weighted by atomic mass is 9.55. The van der Waals surface area contributed by atoms with Gasteiger partial charge < -0.3 is 9.47 Å². The number of aryl methyl sites for hydroxylation is 1. The van der Waals surface area contributed by atoms with Gasteiger partial charge in [0.2, 0.25) is 0 Å². The molecule has 0 aromatic heterocycles. The van der Waals surface area contributed by atoms with Gasteiger partial charge in [0, 0.05) is 19.3 Å². The van der Waals surface area contributed by atoms with Crippen LogP contribution < -0.4 is 4.74 Å². The highest BCUT2D eigenvalue weighted by Crippen LogP contribution is 2.61. The first-order valence-electron chi connectivity index (χ1n) is 9.87. The van der Waals surface area contributed by atoms with E-state index in [-0.39, 0.29) is 23.5 Å². The largest absolute Gasteiger partial charge is 0.462 e. The molecule has 2 saturated carbocycles. The van der Waals surface area contributed by atoms with E-state index in [1.54, 1.807) is 0 Å². The molecule has 5 atom stereocenters. The minimum Gasteiger partial charge on any atom is -0.462 e. The van der Waals surface area contributed by atoms with Gasteiger partial charge in [-0.05, 0) is 79.5 Å². The fraction of sp³-hybridized carbons (Fsp3) is 0.636. The third-order valence-corrected chi connectivity index (χ3v) is 7.18. The highest BCUT2D eigenvalue weighted by atomic mass is 16.5. The van der Waals surface area contributed by atoms with Crippen molar-refractivity contribution < 1.29 is 19.1 Å². The van der Waals surface area contributed by atoms with Crippen LogP contribution in [0.25, 0.3) is 0 Å². The van der Waals surface area contributed by atoms with Gasteiger partial charge in [-0.25, -0.2) is 0 Å². The van der Waals surface area contributed by atoms with Crippen molar-refractivity contribution in [3.8, 4) is 5.75 Å². The smallest absolute Gasteiger partial charge is 0.308 e. The molecule has 0 unspecified atom stereocenters. The highest BCUT2D eigenvalue weighted by Gasteiger charge is 2.56. The number of benzene rings is 1. The summed E-state index contributed by atoms with van der Waals surface area (Å²) in [6.45, 7) is 5.31. The third-order valence-electron chi connectivity index (χ3n) is 7.18. The van der Waals surface area contributed by atoms with Crippen molar-refractivity contribution in [1.82, 2.24) is 0 Å². The Labute approximate surface area is 155 Å². The lowest BCUT2D eigenvalue weighted by Gasteiger charge is -2.50. The average molecular weight is 356 g/mol. The quantitative estimate of drug-likeness (QED) is 0.582. The summed E-state index contributed by atoms with van der Waals surface area (Å²) in [5, 5.41) is 0. The maximum atomic E-state index is 11.5. The molecule has 0 heterocycles. The third kappa shape index (κ3) is 2.83. The van der Waals surface area contributed by atoms with Crippen LogP contribution in [-0.2, 0) is 20.7 Å². The van der Waals surface area contributed by atoms with Crippen molar-refractivity contribution in [3.05, 3.63) is 29.3 Å².